The van der Waals surface area contributed by atoms with Gasteiger partial charge in [0, 0.05) is 18.2 Å². The van der Waals surface area contributed by atoms with E-state index in [4.69, 9.17) is 4.74 Å². The summed E-state index contributed by atoms with van der Waals surface area (Å²) in [6.45, 7) is 15.5. The van der Waals surface area contributed by atoms with E-state index in [0.29, 0.717) is 18.2 Å². The Kier molecular flexibility index (Phi) is 9.72. The fourth-order valence-electron chi connectivity index (χ4n) is 3.85. The molecule has 0 radical (unpaired) electrons. The van der Waals surface area contributed by atoms with Crippen LogP contribution < -0.4 is 9.92 Å². The molecular weight excluding hydrogens is 398 g/mol. The summed E-state index contributed by atoms with van der Waals surface area (Å²) in [5.41, 5.74) is 2.00. The Hall–Kier alpha value is -2.17. The minimum absolute atomic E-state index is 0.459. The Morgan fingerprint density at radius 3 is 2.39 bits per heavy atom. The predicted molar refractivity (Wildman–Crippen MR) is 135 cm³/mol. The van der Waals surface area contributed by atoms with Gasteiger partial charge in [0.25, 0.3) is 0 Å². The van der Waals surface area contributed by atoms with Gasteiger partial charge >= 0.3 is 0 Å². The average molecular weight is 438 g/mol. The molecular formula is C27H39NO2Si. The Balaban J connectivity index is 2.07. The molecule has 0 fully saturated rings. The highest BCUT2D eigenvalue weighted by Crippen LogP contribution is 2.20. The number of carbonyl (C=O) groups excluding carboxylic acids is 1. The SMILES string of the molecule is C/C=C/C(CC(C)C)N(CC)Cc1cccc(OC[Si](C)(C)c2ccc(C=O)cc2)c1. The van der Waals surface area contributed by atoms with Crippen LogP contribution in [0.5, 0.6) is 5.75 Å². The van der Waals surface area contributed by atoms with E-state index >= 15 is 0 Å². The van der Waals surface area contributed by atoms with E-state index in [1.807, 2.05) is 12.1 Å². The van der Waals surface area contributed by atoms with E-state index in [1.54, 1.807) is 0 Å². The largest absolute Gasteiger partial charge is 0.497 e. The van der Waals surface area contributed by atoms with E-state index in [9.17, 15) is 4.79 Å². The molecule has 2 aromatic carbocycles. The zero-order chi connectivity index (χ0) is 22.9. The van der Waals surface area contributed by atoms with Crippen LogP contribution in [0, 0.1) is 5.92 Å². The van der Waals surface area contributed by atoms with Gasteiger partial charge in [0.15, 0.2) is 0 Å². The van der Waals surface area contributed by atoms with Crippen LogP contribution in [0.25, 0.3) is 0 Å². The fourth-order valence-corrected chi connectivity index (χ4v) is 5.61. The molecule has 1 atom stereocenters. The van der Waals surface area contributed by atoms with Gasteiger partial charge in [-0.3, -0.25) is 9.69 Å². The maximum Gasteiger partial charge on any atom is 0.150 e. The molecule has 3 nitrogen and oxygen atoms in total. The molecule has 0 amide bonds. The second-order valence-electron chi connectivity index (χ2n) is 9.35. The summed E-state index contributed by atoms with van der Waals surface area (Å²) in [6.07, 6.45) is 7.26. The number of nitrogens with zero attached hydrogens (tertiary/aromatic N) is 1. The number of allylic oxidation sites excluding steroid dienone is 1. The molecule has 0 aromatic heterocycles. The topological polar surface area (TPSA) is 29.5 Å². The van der Waals surface area contributed by atoms with Crippen LogP contribution in [-0.2, 0) is 6.54 Å². The van der Waals surface area contributed by atoms with Gasteiger partial charge in [-0.25, -0.2) is 0 Å². The van der Waals surface area contributed by atoms with Gasteiger partial charge in [0.1, 0.15) is 20.1 Å². The molecule has 2 rings (SSSR count). The first-order valence-electron chi connectivity index (χ1n) is 11.4. The first-order valence-corrected chi connectivity index (χ1v) is 14.6. The van der Waals surface area contributed by atoms with E-state index in [1.165, 1.54) is 10.8 Å². The number of carbonyl (C=O) groups is 1. The van der Waals surface area contributed by atoms with Crippen molar-refractivity contribution >= 4 is 19.5 Å². The minimum atomic E-state index is -1.76. The second-order valence-corrected chi connectivity index (χ2v) is 14.0. The molecule has 0 aliphatic carbocycles. The first-order chi connectivity index (χ1) is 14.8. The van der Waals surface area contributed by atoms with E-state index in [-0.39, 0.29) is 0 Å². The Morgan fingerprint density at radius 1 is 1.10 bits per heavy atom. The van der Waals surface area contributed by atoms with Gasteiger partial charge in [-0.15, -0.1) is 0 Å². The normalized spacial score (nSPS) is 13.2. The van der Waals surface area contributed by atoms with Gasteiger partial charge in [0.05, 0.1) is 6.23 Å². The van der Waals surface area contributed by atoms with Crippen molar-refractivity contribution in [1.82, 2.24) is 4.90 Å². The maximum absolute atomic E-state index is 10.9. The van der Waals surface area contributed by atoms with Crippen molar-refractivity contribution in [2.45, 2.75) is 59.8 Å². The summed E-state index contributed by atoms with van der Waals surface area (Å²) in [7, 11) is -1.76. The molecule has 0 aliphatic heterocycles. The van der Waals surface area contributed by atoms with Crippen molar-refractivity contribution in [2.24, 2.45) is 5.92 Å². The first kappa shape index (κ1) is 25.1. The standard InChI is InChI=1S/C27H39NO2Si/c1-7-10-25(17-22(3)4)28(8-2)19-24-11-9-12-26(18-24)30-21-31(5,6)27-15-13-23(20-29)14-16-27/h7,9-16,18,20,22,25H,8,17,19,21H2,1-6H3/b10-7+. The van der Waals surface area contributed by atoms with Crippen LogP contribution in [0.3, 0.4) is 0 Å². The molecule has 0 heterocycles. The molecule has 1 unspecified atom stereocenters. The highest BCUT2D eigenvalue weighted by molar-refractivity contribution is 6.89. The van der Waals surface area contributed by atoms with Gasteiger partial charge < -0.3 is 4.74 Å². The van der Waals surface area contributed by atoms with Crippen molar-refractivity contribution in [2.75, 3.05) is 12.8 Å². The third-order valence-corrected chi connectivity index (χ3v) is 8.48. The van der Waals surface area contributed by atoms with E-state index in [2.05, 4.69) is 94.2 Å². The Labute approximate surface area is 190 Å². The fraction of sp³-hybridized carbons (Fsp3) is 0.444. The molecule has 0 bridgehead atoms. The molecule has 0 aliphatic rings. The molecule has 31 heavy (non-hydrogen) atoms. The molecule has 2 aromatic rings. The maximum atomic E-state index is 10.9. The van der Waals surface area contributed by atoms with Crippen molar-refractivity contribution in [1.29, 1.82) is 0 Å². The molecule has 4 heteroatoms. The summed E-state index contributed by atoms with van der Waals surface area (Å²) in [6, 6.07) is 16.9. The van der Waals surface area contributed by atoms with Crippen molar-refractivity contribution in [3.05, 3.63) is 71.8 Å². The van der Waals surface area contributed by atoms with E-state index in [0.717, 1.165) is 37.1 Å². The molecule has 0 saturated heterocycles. The van der Waals surface area contributed by atoms with E-state index < -0.39 is 8.07 Å². The number of rotatable bonds is 12. The minimum Gasteiger partial charge on any atom is -0.497 e. The lowest BCUT2D eigenvalue weighted by molar-refractivity contribution is 0.112. The van der Waals surface area contributed by atoms with Crippen LogP contribution in [0.2, 0.25) is 13.1 Å². The van der Waals surface area contributed by atoms with Crippen LogP contribution in [0.4, 0.5) is 0 Å². The average Bonchev–Trinajstić information content (AvgIpc) is 2.76. The van der Waals surface area contributed by atoms with Crippen molar-refractivity contribution in [3.63, 3.8) is 0 Å². The number of hydrogen-bond donors (Lipinski definition) is 0. The summed E-state index contributed by atoms with van der Waals surface area (Å²) in [5.74, 6) is 1.60. The number of benzene rings is 2. The van der Waals surface area contributed by atoms with Gasteiger partial charge in [0.2, 0.25) is 0 Å². The lowest BCUT2D eigenvalue weighted by Gasteiger charge is -2.30. The van der Waals surface area contributed by atoms with Crippen LogP contribution in [0.1, 0.15) is 50.0 Å². The summed E-state index contributed by atoms with van der Waals surface area (Å²) in [5, 5.41) is 1.30. The predicted octanol–water partition coefficient (Wildman–Crippen LogP) is 5.85. The third kappa shape index (κ3) is 7.79. The molecule has 0 N–H and O–H groups in total. The zero-order valence-corrected chi connectivity index (χ0v) is 21.1. The number of ether oxygens (including phenoxy) is 1. The van der Waals surface area contributed by atoms with Crippen LogP contribution in [0.15, 0.2) is 60.7 Å². The van der Waals surface area contributed by atoms with Crippen LogP contribution in [-0.4, -0.2) is 38.1 Å². The monoisotopic (exact) mass is 437 g/mol. The smallest absolute Gasteiger partial charge is 0.150 e. The van der Waals surface area contributed by atoms with Crippen molar-refractivity contribution < 1.29 is 9.53 Å². The highest BCUT2D eigenvalue weighted by atomic mass is 28.3. The number of likely N-dealkylation sites (N-methyl/N-ethyl adjacent to an activating group) is 1. The second kappa shape index (κ2) is 12.0. The third-order valence-electron chi connectivity index (χ3n) is 5.71. The van der Waals surface area contributed by atoms with Gasteiger partial charge in [-0.05, 0) is 43.5 Å². The Bertz CT molecular complexity index is 843. The van der Waals surface area contributed by atoms with Crippen molar-refractivity contribution in [3.8, 4) is 5.75 Å². The zero-order valence-electron chi connectivity index (χ0n) is 20.1. The quantitative estimate of drug-likeness (QED) is 0.237. The van der Waals surface area contributed by atoms with Gasteiger partial charge in [-0.1, -0.05) is 87.6 Å². The molecule has 0 saturated carbocycles. The highest BCUT2D eigenvalue weighted by Gasteiger charge is 2.25. The lowest BCUT2D eigenvalue weighted by Crippen LogP contribution is -2.47. The summed E-state index contributed by atoms with van der Waals surface area (Å²) >= 11 is 0. The lowest BCUT2D eigenvalue weighted by atomic mass is 10.0. The molecule has 168 valence electrons. The van der Waals surface area contributed by atoms with Crippen LogP contribution >= 0.6 is 0 Å². The molecule has 0 spiro atoms. The van der Waals surface area contributed by atoms with Gasteiger partial charge in [-0.2, -0.15) is 0 Å². The number of aldehydes is 1. The number of hydrogen-bond acceptors (Lipinski definition) is 3. The summed E-state index contributed by atoms with van der Waals surface area (Å²) < 4.78 is 6.27. The summed E-state index contributed by atoms with van der Waals surface area (Å²) in [4.78, 5) is 13.5. The Morgan fingerprint density at radius 2 is 1.81 bits per heavy atom.